The Kier molecular flexibility index (Phi) is 5.78. The number of nitrogens with zero attached hydrogens (tertiary/aromatic N) is 3. The molecule has 0 radical (unpaired) electrons. The van der Waals surface area contributed by atoms with Gasteiger partial charge in [-0.1, -0.05) is 6.07 Å². The van der Waals surface area contributed by atoms with E-state index in [0.29, 0.717) is 54.6 Å². The molecule has 0 bridgehead atoms. The summed E-state index contributed by atoms with van der Waals surface area (Å²) in [5.41, 5.74) is 9.79. The van der Waals surface area contributed by atoms with Crippen molar-refractivity contribution < 1.29 is 19.1 Å². The summed E-state index contributed by atoms with van der Waals surface area (Å²) in [6.07, 6.45) is 0.626. The maximum atomic E-state index is 13.1. The van der Waals surface area contributed by atoms with Crippen molar-refractivity contribution in [3.8, 4) is 11.5 Å². The van der Waals surface area contributed by atoms with E-state index in [1.165, 1.54) is 0 Å². The topological polar surface area (TPSA) is 99.7 Å². The Labute approximate surface area is 186 Å². The SMILES string of the molecule is CCOC(=O)C1CCN(C(=O)c2cc(C)c(Oc3cccc4c3nc(N)n4C)c(C)c2)C1. The highest BCUT2D eigenvalue weighted by Gasteiger charge is 2.32. The summed E-state index contributed by atoms with van der Waals surface area (Å²) in [7, 11) is 1.86. The second-order valence-corrected chi connectivity index (χ2v) is 8.18. The average Bonchev–Trinajstić information content (AvgIpc) is 3.36. The number of carbonyl (C=O) groups is 2. The highest BCUT2D eigenvalue weighted by Crippen LogP contribution is 2.35. The molecule has 1 amide bonds. The molecule has 2 heterocycles. The third kappa shape index (κ3) is 3.88. The summed E-state index contributed by atoms with van der Waals surface area (Å²) in [5.74, 6) is 1.13. The first kappa shape index (κ1) is 21.7. The summed E-state index contributed by atoms with van der Waals surface area (Å²) >= 11 is 0. The Morgan fingerprint density at radius 1 is 1.22 bits per heavy atom. The molecule has 8 nitrogen and oxygen atoms in total. The molecule has 1 unspecified atom stereocenters. The van der Waals surface area contributed by atoms with Crippen LogP contribution < -0.4 is 10.5 Å². The molecule has 1 aromatic heterocycles. The number of aryl methyl sites for hydroxylation is 3. The van der Waals surface area contributed by atoms with Crippen molar-refractivity contribution in [1.29, 1.82) is 0 Å². The van der Waals surface area contributed by atoms with Gasteiger partial charge in [-0.25, -0.2) is 4.98 Å². The smallest absolute Gasteiger partial charge is 0.310 e. The number of imidazole rings is 1. The Balaban J connectivity index is 1.56. The first-order valence-corrected chi connectivity index (χ1v) is 10.8. The molecule has 4 rings (SSSR count). The van der Waals surface area contributed by atoms with Crippen LogP contribution in [-0.2, 0) is 16.6 Å². The molecule has 3 aromatic rings. The molecular weight excluding hydrogens is 408 g/mol. The van der Waals surface area contributed by atoms with Crippen LogP contribution >= 0.6 is 0 Å². The van der Waals surface area contributed by atoms with E-state index in [4.69, 9.17) is 15.2 Å². The number of hydrogen-bond donors (Lipinski definition) is 1. The van der Waals surface area contributed by atoms with E-state index in [9.17, 15) is 9.59 Å². The molecule has 1 aliphatic rings. The van der Waals surface area contributed by atoms with E-state index in [1.54, 1.807) is 11.8 Å². The largest absolute Gasteiger partial charge is 0.466 e. The molecule has 0 spiro atoms. The van der Waals surface area contributed by atoms with Gasteiger partial charge in [-0.3, -0.25) is 9.59 Å². The Morgan fingerprint density at radius 3 is 2.62 bits per heavy atom. The first-order chi connectivity index (χ1) is 15.3. The fourth-order valence-electron chi connectivity index (χ4n) is 4.21. The Bertz CT molecular complexity index is 1180. The van der Waals surface area contributed by atoms with Crippen LogP contribution in [0.4, 0.5) is 5.95 Å². The maximum Gasteiger partial charge on any atom is 0.310 e. The number of ether oxygens (including phenoxy) is 2. The summed E-state index contributed by atoms with van der Waals surface area (Å²) in [5, 5.41) is 0. The number of rotatable bonds is 5. The third-order valence-corrected chi connectivity index (χ3v) is 5.92. The standard InChI is InChI=1S/C24H28N4O4/c1-5-31-23(30)16-9-10-28(13-16)22(29)17-11-14(2)21(15(3)12-17)32-19-8-6-7-18-20(19)26-24(25)27(18)4/h6-8,11-12,16H,5,9-10,13H2,1-4H3,(H2,25,26). The van der Waals surface area contributed by atoms with Crippen LogP contribution in [-0.4, -0.2) is 46.0 Å². The maximum absolute atomic E-state index is 13.1. The zero-order valence-electron chi connectivity index (χ0n) is 18.8. The fourth-order valence-corrected chi connectivity index (χ4v) is 4.21. The van der Waals surface area contributed by atoms with E-state index >= 15 is 0 Å². The lowest BCUT2D eigenvalue weighted by atomic mass is 10.0. The van der Waals surface area contributed by atoms with Gasteiger partial charge in [0.1, 0.15) is 11.3 Å². The lowest BCUT2D eigenvalue weighted by molar-refractivity contribution is -0.147. The van der Waals surface area contributed by atoms with E-state index < -0.39 is 0 Å². The highest BCUT2D eigenvalue weighted by molar-refractivity contribution is 5.95. The number of amides is 1. The minimum atomic E-state index is -0.255. The Hall–Kier alpha value is -3.55. The number of likely N-dealkylation sites (tertiary alicyclic amines) is 1. The predicted molar refractivity (Wildman–Crippen MR) is 122 cm³/mol. The number of carbonyl (C=O) groups excluding carboxylic acids is 2. The monoisotopic (exact) mass is 436 g/mol. The van der Waals surface area contributed by atoms with Crippen molar-refractivity contribution in [3.05, 3.63) is 47.0 Å². The first-order valence-electron chi connectivity index (χ1n) is 10.8. The number of nitrogens with two attached hydrogens (primary N) is 1. The lowest BCUT2D eigenvalue weighted by Crippen LogP contribution is -2.30. The number of aromatic nitrogens is 2. The number of nitrogen functional groups attached to an aromatic ring is 1. The molecule has 0 saturated carbocycles. The van der Waals surface area contributed by atoms with Crippen LogP contribution in [0, 0.1) is 19.8 Å². The number of benzene rings is 2. The van der Waals surface area contributed by atoms with Crippen LogP contribution in [0.15, 0.2) is 30.3 Å². The summed E-state index contributed by atoms with van der Waals surface area (Å²) in [6, 6.07) is 9.35. The van der Waals surface area contributed by atoms with Crippen molar-refractivity contribution in [2.45, 2.75) is 27.2 Å². The van der Waals surface area contributed by atoms with E-state index in [-0.39, 0.29) is 17.8 Å². The van der Waals surface area contributed by atoms with Gasteiger partial charge in [-0.05, 0) is 62.6 Å². The molecule has 2 N–H and O–H groups in total. The third-order valence-electron chi connectivity index (χ3n) is 5.92. The van der Waals surface area contributed by atoms with Gasteiger partial charge in [-0.2, -0.15) is 0 Å². The second-order valence-electron chi connectivity index (χ2n) is 8.18. The normalized spacial score (nSPS) is 15.9. The van der Waals surface area contributed by atoms with E-state index in [0.717, 1.165) is 16.6 Å². The van der Waals surface area contributed by atoms with Crippen molar-refractivity contribution in [2.75, 3.05) is 25.4 Å². The van der Waals surface area contributed by atoms with E-state index in [2.05, 4.69) is 4.98 Å². The second kappa shape index (κ2) is 8.53. The molecule has 32 heavy (non-hydrogen) atoms. The number of hydrogen-bond acceptors (Lipinski definition) is 6. The van der Waals surface area contributed by atoms with Crippen molar-refractivity contribution >= 4 is 28.9 Å². The number of esters is 1. The zero-order chi connectivity index (χ0) is 23.0. The van der Waals surface area contributed by atoms with Gasteiger partial charge in [-0.15, -0.1) is 0 Å². The number of fused-ring (bicyclic) bond motifs is 1. The van der Waals surface area contributed by atoms with Crippen molar-refractivity contribution in [1.82, 2.24) is 14.5 Å². The number of anilines is 1. The predicted octanol–water partition coefficient (Wildman–Crippen LogP) is 3.59. The van der Waals surface area contributed by atoms with E-state index in [1.807, 2.05) is 55.8 Å². The Morgan fingerprint density at radius 2 is 1.94 bits per heavy atom. The zero-order valence-corrected chi connectivity index (χ0v) is 18.8. The summed E-state index contributed by atoms with van der Waals surface area (Å²) in [4.78, 5) is 31.2. The lowest BCUT2D eigenvalue weighted by Gasteiger charge is -2.19. The molecular formula is C24H28N4O4. The molecule has 0 aliphatic carbocycles. The molecule has 8 heteroatoms. The minimum Gasteiger partial charge on any atom is -0.466 e. The van der Waals surface area contributed by atoms with Crippen molar-refractivity contribution in [3.63, 3.8) is 0 Å². The molecule has 2 aromatic carbocycles. The molecule has 1 saturated heterocycles. The van der Waals surface area contributed by atoms with Crippen LogP contribution in [0.5, 0.6) is 11.5 Å². The van der Waals surface area contributed by atoms with Crippen LogP contribution in [0.1, 0.15) is 34.8 Å². The molecule has 168 valence electrons. The van der Waals surface area contributed by atoms with Gasteiger partial charge in [0.15, 0.2) is 5.75 Å². The molecule has 1 atom stereocenters. The molecule has 1 aliphatic heterocycles. The van der Waals surface area contributed by atoms with Gasteiger partial charge < -0.3 is 24.7 Å². The fraction of sp³-hybridized carbons (Fsp3) is 0.375. The average molecular weight is 437 g/mol. The molecule has 1 fully saturated rings. The number of para-hydroxylation sites is 1. The van der Waals surface area contributed by atoms with Gasteiger partial charge >= 0.3 is 5.97 Å². The summed E-state index contributed by atoms with van der Waals surface area (Å²) in [6.45, 7) is 6.89. The van der Waals surface area contributed by atoms with Gasteiger partial charge in [0.05, 0.1) is 18.0 Å². The quantitative estimate of drug-likeness (QED) is 0.614. The van der Waals surface area contributed by atoms with Crippen molar-refractivity contribution in [2.24, 2.45) is 13.0 Å². The van der Waals surface area contributed by atoms with Crippen LogP contribution in [0.3, 0.4) is 0 Å². The van der Waals surface area contributed by atoms with Gasteiger partial charge in [0, 0.05) is 25.7 Å². The van der Waals surface area contributed by atoms with Gasteiger partial charge in [0.25, 0.3) is 5.91 Å². The van der Waals surface area contributed by atoms with Crippen LogP contribution in [0.2, 0.25) is 0 Å². The highest BCUT2D eigenvalue weighted by atomic mass is 16.5. The van der Waals surface area contributed by atoms with Gasteiger partial charge in [0.2, 0.25) is 5.95 Å². The van der Waals surface area contributed by atoms with Crippen LogP contribution in [0.25, 0.3) is 11.0 Å². The summed E-state index contributed by atoms with van der Waals surface area (Å²) < 4.78 is 13.2. The minimum absolute atomic E-state index is 0.0888.